The summed E-state index contributed by atoms with van der Waals surface area (Å²) in [5.74, 6) is 0.984. The van der Waals surface area contributed by atoms with Crippen molar-refractivity contribution in [2.75, 3.05) is 20.0 Å². The Hall–Kier alpha value is -2.01. The molecule has 0 aliphatic rings. The third-order valence-corrected chi connectivity index (χ3v) is 3.45. The van der Waals surface area contributed by atoms with Gasteiger partial charge in [0.1, 0.15) is 16.4 Å². The molecule has 2 aromatic rings. The zero-order chi connectivity index (χ0) is 13.1. The number of methoxy groups -OCH3 is 2. The third-order valence-electron chi connectivity index (χ3n) is 2.55. The smallest absolute Gasteiger partial charge is 0.206 e. The number of anilines is 1. The van der Waals surface area contributed by atoms with Crippen molar-refractivity contribution in [3.8, 4) is 11.5 Å². The zero-order valence-electron chi connectivity index (χ0n) is 10.1. The first-order valence-corrected chi connectivity index (χ1v) is 6.15. The maximum atomic E-state index is 12.3. The van der Waals surface area contributed by atoms with E-state index in [2.05, 4.69) is 0 Å². The average Bonchev–Trinajstić information content (AvgIpc) is 2.86. The van der Waals surface area contributed by atoms with Crippen LogP contribution in [-0.4, -0.2) is 20.0 Å². The van der Waals surface area contributed by atoms with Gasteiger partial charge in [0, 0.05) is 5.56 Å². The first-order chi connectivity index (χ1) is 8.67. The summed E-state index contributed by atoms with van der Waals surface area (Å²) in [6.45, 7) is 0. The van der Waals surface area contributed by atoms with Gasteiger partial charge >= 0.3 is 0 Å². The van der Waals surface area contributed by atoms with E-state index >= 15 is 0 Å². The minimum absolute atomic E-state index is 0.0971. The van der Waals surface area contributed by atoms with Gasteiger partial charge in [0.25, 0.3) is 0 Å². The number of hydrogen-bond acceptors (Lipinski definition) is 5. The molecule has 0 saturated heterocycles. The summed E-state index contributed by atoms with van der Waals surface area (Å²) < 4.78 is 10.2. The van der Waals surface area contributed by atoms with Crippen LogP contribution in [0.15, 0.2) is 29.6 Å². The van der Waals surface area contributed by atoms with Crippen molar-refractivity contribution >= 4 is 22.8 Å². The molecular weight excluding hydrogens is 250 g/mol. The number of benzene rings is 1. The fraction of sp³-hybridized carbons (Fsp3) is 0.154. The first-order valence-electron chi connectivity index (χ1n) is 5.27. The normalized spacial score (nSPS) is 10.1. The van der Waals surface area contributed by atoms with Crippen molar-refractivity contribution in [3.63, 3.8) is 0 Å². The lowest BCUT2D eigenvalue weighted by Gasteiger charge is -2.07. The fourth-order valence-corrected chi connectivity index (χ4v) is 2.43. The van der Waals surface area contributed by atoms with Crippen LogP contribution in [0.2, 0.25) is 0 Å². The lowest BCUT2D eigenvalue weighted by Crippen LogP contribution is -2.02. The molecule has 1 aromatic carbocycles. The zero-order valence-corrected chi connectivity index (χ0v) is 10.9. The Bertz CT molecular complexity index is 577. The van der Waals surface area contributed by atoms with Gasteiger partial charge in [-0.15, -0.1) is 11.3 Å². The maximum absolute atomic E-state index is 12.3. The Labute approximate surface area is 109 Å². The predicted octanol–water partition coefficient (Wildman–Crippen LogP) is 2.58. The van der Waals surface area contributed by atoms with E-state index in [9.17, 15) is 4.79 Å². The highest BCUT2D eigenvalue weighted by atomic mass is 32.1. The number of thiophene rings is 1. The van der Waals surface area contributed by atoms with E-state index in [1.807, 2.05) is 5.38 Å². The Morgan fingerprint density at radius 1 is 1.17 bits per heavy atom. The van der Waals surface area contributed by atoms with Gasteiger partial charge in [-0.3, -0.25) is 4.79 Å². The molecule has 0 unspecified atom stereocenters. The van der Waals surface area contributed by atoms with Gasteiger partial charge in [-0.1, -0.05) is 0 Å². The molecule has 0 bridgehead atoms. The van der Waals surface area contributed by atoms with Crippen LogP contribution in [0.25, 0.3) is 0 Å². The topological polar surface area (TPSA) is 61.5 Å². The number of nitrogens with two attached hydrogens (primary N) is 1. The molecule has 1 aromatic heterocycles. The molecule has 0 aliphatic carbocycles. The summed E-state index contributed by atoms with van der Waals surface area (Å²) in [6.07, 6.45) is 0. The molecule has 0 spiro atoms. The number of carbonyl (C=O) groups excluding carboxylic acids is 1. The molecule has 2 N–H and O–H groups in total. The van der Waals surface area contributed by atoms with Crippen molar-refractivity contribution in [1.82, 2.24) is 0 Å². The van der Waals surface area contributed by atoms with Crippen LogP contribution in [0.4, 0.5) is 5.69 Å². The lowest BCUT2D eigenvalue weighted by molar-refractivity contribution is 0.103. The molecular formula is C13H13NO3S. The number of hydrogen-bond donors (Lipinski definition) is 1. The van der Waals surface area contributed by atoms with E-state index < -0.39 is 0 Å². The molecule has 94 valence electrons. The largest absolute Gasteiger partial charge is 0.495 e. The van der Waals surface area contributed by atoms with E-state index in [4.69, 9.17) is 15.2 Å². The van der Waals surface area contributed by atoms with Gasteiger partial charge in [-0.2, -0.15) is 0 Å². The molecule has 18 heavy (non-hydrogen) atoms. The Morgan fingerprint density at radius 2 is 1.89 bits per heavy atom. The van der Waals surface area contributed by atoms with Crippen LogP contribution in [0.1, 0.15) is 15.2 Å². The molecule has 0 radical (unpaired) electrons. The number of rotatable bonds is 4. The number of nitrogen functional groups attached to an aromatic ring is 1. The quantitative estimate of drug-likeness (QED) is 0.680. The third kappa shape index (κ3) is 2.17. The van der Waals surface area contributed by atoms with E-state index in [1.165, 1.54) is 18.4 Å². The summed E-state index contributed by atoms with van der Waals surface area (Å²) in [7, 11) is 3.06. The number of ether oxygens (including phenoxy) is 2. The van der Waals surface area contributed by atoms with E-state index in [0.717, 1.165) is 0 Å². The monoisotopic (exact) mass is 263 g/mol. The first kappa shape index (κ1) is 12.4. The van der Waals surface area contributed by atoms with Crippen molar-refractivity contribution < 1.29 is 14.3 Å². The van der Waals surface area contributed by atoms with Crippen LogP contribution in [-0.2, 0) is 0 Å². The minimum atomic E-state index is -0.0971. The van der Waals surface area contributed by atoms with E-state index in [1.54, 1.807) is 31.4 Å². The van der Waals surface area contributed by atoms with Gasteiger partial charge in [0.05, 0.1) is 19.9 Å². The molecule has 2 rings (SSSR count). The summed E-state index contributed by atoms with van der Waals surface area (Å²) in [5.41, 5.74) is 6.75. The van der Waals surface area contributed by atoms with Crippen molar-refractivity contribution in [2.24, 2.45) is 0 Å². The van der Waals surface area contributed by atoms with Crippen LogP contribution in [0.3, 0.4) is 0 Å². The second-order valence-electron chi connectivity index (χ2n) is 3.60. The Balaban J connectivity index is 2.40. The molecule has 0 fully saturated rings. The van der Waals surface area contributed by atoms with Crippen LogP contribution >= 0.6 is 11.3 Å². The van der Waals surface area contributed by atoms with Gasteiger partial charge in [0.2, 0.25) is 5.78 Å². The van der Waals surface area contributed by atoms with Crippen molar-refractivity contribution in [2.45, 2.75) is 0 Å². The molecule has 0 saturated carbocycles. The molecule has 1 heterocycles. The number of carbonyl (C=O) groups is 1. The molecule has 0 aliphatic heterocycles. The van der Waals surface area contributed by atoms with Gasteiger partial charge < -0.3 is 15.2 Å². The molecule has 0 atom stereocenters. The average molecular weight is 263 g/mol. The van der Waals surface area contributed by atoms with Crippen LogP contribution in [0.5, 0.6) is 11.5 Å². The summed E-state index contributed by atoms with van der Waals surface area (Å²) >= 11 is 1.35. The summed E-state index contributed by atoms with van der Waals surface area (Å²) in [6, 6.07) is 6.74. The van der Waals surface area contributed by atoms with Crippen molar-refractivity contribution in [3.05, 3.63) is 40.1 Å². The van der Waals surface area contributed by atoms with Crippen molar-refractivity contribution in [1.29, 1.82) is 0 Å². The summed E-state index contributed by atoms with van der Waals surface area (Å²) in [4.78, 5) is 12.9. The van der Waals surface area contributed by atoms with Crippen LogP contribution in [0, 0.1) is 0 Å². The molecule has 0 amide bonds. The van der Waals surface area contributed by atoms with E-state index in [-0.39, 0.29) is 5.78 Å². The highest BCUT2D eigenvalue weighted by Gasteiger charge is 2.17. The van der Waals surface area contributed by atoms with Gasteiger partial charge in [0.15, 0.2) is 0 Å². The Morgan fingerprint density at radius 3 is 2.56 bits per heavy atom. The van der Waals surface area contributed by atoms with Gasteiger partial charge in [-0.05, 0) is 29.6 Å². The van der Waals surface area contributed by atoms with Gasteiger partial charge in [-0.25, -0.2) is 0 Å². The second kappa shape index (κ2) is 5.10. The lowest BCUT2D eigenvalue weighted by atomic mass is 10.1. The fourth-order valence-electron chi connectivity index (χ4n) is 1.61. The predicted molar refractivity (Wildman–Crippen MR) is 71.7 cm³/mol. The second-order valence-corrected chi connectivity index (χ2v) is 4.52. The standard InChI is InChI=1S/C13H13NO3S/c1-16-10-5-6-18-13(10)12(15)8-3-4-9(14)11(7-8)17-2/h3-7H,14H2,1-2H3. The highest BCUT2D eigenvalue weighted by Crippen LogP contribution is 2.29. The maximum Gasteiger partial charge on any atom is 0.206 e. The Kier molecular flexibility index (Phi) is 3.53. The van der Waals surface area contributed by atoms with Crippen LogP contribution < -0.4 is 15.2 Å². The molecule has 5 heteroatoms. The SMILES string of the molecule is COc1cc(C(=O)c2sccc2OC)ccc1N. The highest BCUT2D eigenvalue weighted by molar-refractivity contribution is 7.12. The summed E-state index contributed by atoms with van der Waals surface area (Å²) in [5, 5.41) is 1.82. The number of ketones is 1. The molecule has 4 nitrogen and oxygen atoms in total. The minimum Gasteiger partial charge on any atom is -0.495 e. The van der Waals surface area contributed by atoms with E-state index in [0.29, 0.717) is 27.6 Å².